The van der Waals surface area contributed by atoms with E-state index in [1.807, 2.05) is 79.7 Å². The molecule has 0 saturated carbocycles. The van der Waals surface area contributed by atoms with Crippen LogP contribution in [0.3, 0.4) is 0 Å². The van der Waals surface area contributed by atoms with Gasteiger partial charge in [-0.05, 0) is 82.7 Å². The lowest BCUT2D eigenvalue weighted by molar-refractivity contribution is -0.138. The number of phenols is 2. The van der Waals surface area contributed by atoms with Crippen LogP contribution in [0, 0.1) is 24.7 Å². The van der Waals surface area contributed by atoms with Gasteiger partial charge < -0.3 is 78.9 Å². The first-order chi connectivity index (χ1) is 39.6. The number of carbonyl (C=O) groups excluding carboxylic acids is 8. The maximum absolute atomic E-state index is 12.6. The molecule has 8 amide bonds. The molecule has 2 aromatic carbocycles. The summed E-state index contributed by atoms with van der Waals surface area (Å²) in [4.78, 5) is 139. The van der Waals surface area contributed by atoms with Crippen molar-refractivity contribution in [1.29, 1.82) is 0 Å². The molecule has 0 radical (unpaired) electrons. The predicted octanol–water partition coefficient (Wildman–Crippen LogP) is 3.39. The number of rotatable bonds is 29. The summed E-state index contributed by atoms with van der Waals surface area (Å²) in [7, 11) is 1.50. The lowest BCUT2D eigenvalue weighted by Crippen LogP contribution is -2.54. The van der Waals surface area contributed by atoms with E-state index >= 15 is 0 Å². The Bertz CT molecular complexity index is 2220. The number of hydrogen-bond donors (Lipinski definition) is 15. The van der Waals surface area contributed by atoms with Crippen molar-refractivity contribution in [3.63, 3.8) is 0 Å². The smallest absolute Gasteiger partial charge is 0.303 e. The van der Waals surface area contributed by atoms with E-state index in [2.05, 4.69) is 70.2 Å². The second kappa shape index (κ2) is 50.2. The maximum atomic E-state index is 12.6. The van der Waals surface area contributed by atoms with Crippen LogP contribution in [0.1, 0.15) is 151 Å². The van der Waals surface area contributed by atoms with E-state index < -0.39 is 129 Å². The van der Waals surface area contributed by atoms with Crippen LogP contribution >= 0.6 is 0 Å². The lowest BCUT2D eigenvalue weighted by Gasteiger charge is -2.31. The standard InChI is InChI=1S/C24H38N8O13.C13H27NO.2C7H8O.C3H6O2.2C2H6/c1-26-8-15(33)27-9-16(34)31-13(3-6-20(39)40)23(44)29-11-18(36)32-14(4-7-21(41)42)24(45)28-10-17(35)30-12(22(25)43)2-5-19(37)38;1-7-8-9-14-11(15)13(5,6)10-12(2,3)4;2*1-6-2-4-7(8)5-3-6;1-2-3(4)5;2*1-2/h12-14,26H,2-11H2,1H3,(H2,25,43)(H,27,33)(H,28,45)(H,29,44)(H,30,35)(H,31,34)(H,32,36)(H,37,38)(H,39,40)(H,41,42);7-10H2,1-6H3,(H,14,15);2*2-5,8H,1H3;2H2,1H3,(H,4,5);2*1-2H3. The van der Waals surface area contributed by atoms with Crippen molar-refractivity contribution in [1.82, 2.24) is 42.5 Å². The van der Waals surface area contributed by atoms with Gasteiger partial charge in [-0.15, -0.1) is 0 Å². The van der Waals surface area contributed by atoms with Crippen molar-refractivity contribution in [2.75, 3.05) is 39.8 Å². The molecule has 2 rings (SSSR count). The molecule has 16 N–H and O–H groups in total. The molecule has 0 fully saturated rings. The first-order valence-corrected chi connectivity index (χ1v) is 27.9. The number of amides is 8. The Morgan fingerprint density at radius 2 is 0.824 bits per heavy atom. The zero-order valence-electron chi connectivity index (χ0n) is 52.1. The van der Waals surface area contributed by atoms with Gasteiger partial charge in [-0.2, -0.15) is 0 Å². The van der Waals surface area contributed by atoms with E-state index in [9.17, 15) is 57.5 Å². The van der Waals surface area contributed by atoms with Crippen LogP contribution in [0.5, 0.6) is 11.5 Å². The highest BCUT2D eigenvalue weighted by Crippen LogP contribution is 2.33. The quantitative estimate of drug-likeness (QED) is 0.0519. The van der Waals surface area contributed by atoms with Gasteiger partial charge in [-0.3, -0.25) is 57.5 Å². The number of nitrogens with two attached hydrogens (primary N) is 1. The van der Waals surface area contributed by atoms with Gasteiger partial charge in [0.1, 0.15) is 29.6 Å². The Balaban J connectivity index is -0.000000422. The third-order valence-electron chi connectivity index (χ3n) is 10.3. The molecule has 0 spiro atoms. The Hall–Kier alpha value is -8.36. The molecule has 0 aliphatic heterocycles. The fraction of sp³-hybridized carbons (Fsp3) is 0.586. The van der Waals surface area contributed by atoms with E-state index in [1.54, 1.807) is 31.2 Å². The van der Waals surface area contributed by atoms with Crippen LogP contribution in [-0.2, 0) is 57.5 Å². The summed E-state index contributed by atoms with van der Waals surface area (Å²) in [5.74, 6) is -10.1. The number of unbranched alkanes of at least 4 members (excludes halogenated alkanes) is 1. The van der Waals surface area contributed by atoms with E-state index in [4.69, 9.17) is 36.4 Å². The molecule has 2 aromatic rings. The van der Waals surface area contributed by atoms with E-state index in [0.717, 1.165) is 25.8 Å². The Morgan fingerprint density at radius 1 is 0.494 bits per heavy atom. The number of benzene rings is 2. The fourth-order valence-electron chi connectivity index (χ4n) is 6.46. The van der Waals surface area contributed by atoms with Gasteiger partial charge in [-0.1, -0.05) is 118 Å². The molecule has 3 unspecified atom stereocenters. The largest absolute Gasteiger partial charge is 0.508 e. The zero-order valence-corrected chi connectivity index (χ0v) is 52.1. The van der Waals surface area contributed by atoms with Gasteiger partial charge in [-0.25, -0.2) is 0 Å². The zero-order chi connectivity index (χ0) is 66.9. The van der Waals surface area contributed by atoms with E-state index in [1.165, 1.54) is 18.2 Å². The van der Waals surface area contributed by atoms with E-state index in [0.29, 0.717) is 11.5 Å². The highest BCUT2D eigenvalue weighted by molar-refractivity contribution is 5.95. The van der Waals surface area contributed by atoms with Gasteiger partial charge in [0.15, 0.2) is 0 Å². The van der Waals surface area contributed by atoms with Gasteiger partial charge in [0.05, 0.1) is 26.2 Å². The molecule has 0 aliphatic carbocycles. The van der Waals surface area contributed by atoms with Crippen molar-refractivity contribution < 1.29 is 88.2 Å². The number of aromatic hydroxyl groups is 2. The average molecular weight is 1210 g/mol. The third kappa shape index (κ3) is 53.4. The molecule has 0 aromatic heterocycles. The first-order valence-electron chi connectivity index (χ1n) is 27.9. The molecule has 0 saturated heterocycles. The number of nitrogens with one attached hydrogen (secondary N) is 8. The fourth-order valence-corrected chi connectivity index (χ4v) is 6.46. The molecule has 85 heavy (non-hydrogen) atoms. The van der Waals surface area contributed by atoms with Gasteiger partial charge in [0.2, 0.25) is 47.3 Å². The topological polar surface area (TPSA) is 448 Å². The van der Waals surface area contributed by atoms with E-state index in [-0.39, 0.29) is 42.5 Å². The van der Waals surface area contributed by atoms with Gasteiger partial charge >= 0.3 is 23.9 Å². The molecule has 0 aliphatic rings. The SMILES string of the molecule is CC.CC.CCC(=O)O.CCCCNC(=O)C(C)(C)CC(C)(C)C.CNCC(=O)NCC(=O)NC(CCC(=O)O)C(=O)NCC(=O)NC(CCC(=O)O)C(=O)NCC(=O)NC(CCC(=O)O)C(N)=O.Cc1ccc(O)cc1.Cc1ccc(O)cc1. The number of carboxylic acid groups (broad SMARTS) is 4. The van der Waals surface area contributed by atoms with Gasteiger partial charge in [0, 0.05) is 37.6 Å². The van der Waals surface area contributed by atoms with Crippen molar-refractivity contribution in [3.8, 4) is 11.5 Å². The van der Waals surface area contributed by atoms with Crippen molar-refractivity contribution in [2.45, 2.75) is 172 Å². The van der Waals surface area contributed by atoms with Crippen molar-refractivity contribution in [3.05, 3.63) is 59.7 Å². The summed E-state index contributed by atoms with van der Waals surface area (Å²) in [5, 5.41) is 70.6. The first kappa shape index (κ1) is 85.4. The highest BCUT2D eigenvalue weighted by atomic mass is 16.4. The lowest BCUT2D eigenvalue weighted by atomic mass is 9.76. The Kier molecular flexibility index (Phi) is 50.4. The molecule has 0 heterocycles. The maximum Gasteiger partial charge on any atom is 0.303 e. The third-order valence-corrected chi connectivity index (χ3v) is 10.3. The molecule has 3 atom stereocenters. The minimum atomic E-state index is -1.51. The summed E-state index contributed by atoms with van der Waals surface area (Å²) in [5.41, 5.74) is 7.40. The number of primary amides is 1. The average Bonchev–Trinajstić information content (AvgIpc) is 3.45. The molecule has 27 nitrogen and oxygen atoms in total. The van der Waals surface area contributed by atoms with Crippen molar-refractivity contribution in [2.24, 2.45) is 16.6 Å². The highest BCUT2D eigenvalue weighted by Gasteiger charge is 2.32. The second-order valence-corrected chi connectivity index (χ2v) is 20.0. The monoisotopic (exact) mass is 1210 g/mol. The number of aliphatic carboxylic acids is 4. The molecular formula is C58H99N9O18. The summed E-state index contributed by atoms with van der Waals surface area (Å²) < 4.78 is 0. The second-order valence-electron chi connectivity index (χ2n) is 20.0. The molecule has 0 bridgehead atoms. The summed E-state index contributed by atoms with van der Waals surface area (Å²) in [6, 6.07) is 9.90. The van der Waals surface area contributed by atoms with Crippen LogP contribution in [0.4, 0.5) is 0 Å². The Labute approximate surface area is 500 Å². The number of likely N-dealkylation sites (N-methyl/N-ethyl adjacent to an activating group) is 1. The normalized spacial score (nSPS) is 11.0. The molecular weight excluding hydrogens is 1110 g/mol. The van der Waals surface area contributed by atoms with Crippen molar-refractivity contribution >= 4 is 71.1 Å². The van der Waals surface area contributed by atoms with Crippen LogP contribution in [-0.4, -0.2) is 160 Å². The number of aryl methyl sites for hydroxylation is 2. The summed E-state index contributed by atoms with van der Waals surface area (Å²) in [6.07, 6.45) is 0.573. The number of hydrogen-bond acceptors (Lipinski definition) is 15. The summed E-state index contributed by atoms with van der Waals surface area (Å²) >= 11 is 0. The minimum absolute atomic E-state index is 0.0889. The van der Waals surface area contributed by atoms with Crippen LogP contribution in [0.15, 0.2) is 48.5 Å². The number of phenolic OH excluding ortho intramolecular Hbond substituents is 2. The summed E-state index contributed by atoms with van der Waals surface area (Å²) in [6.45, 7) is 24.9. The Morgan fingerprint density at radius 3 is 1.11 bits per heavy atom. The van der Waals surface area contributed by atoms with Gasteiger partial charge in [0.25, 0.3) is 0 Å². The molecule has 27 heteroatoms. The van der Waals surface area contributed by atoms with Crippen LogP contribution in [0.25, 0.3) is 0 Å². The van der Waals surface area contributed by atoms with Crippen LogP contribution < -0.4 is 48.3 Å². The van der Waals surface area contributed by atoms with Crippen LogP contribution in [0.2, 0.25) is 0 Å². The minimum Gasteiger partial charge on any atom is -0.508 e. The number of carboxylic acids is 4. The predicted molar refractivity (Wildman–Crippen MR) is 321 cm³/mol. The number of carbonyl (C=O) groups is 12. The molecule has 484 valence electrons.